The first-order valence-electron chi connectivity index (χ1n) is 6.74. The molecule has 1 fully saturated rings. The number of anilines is 2. The molecule has 1 aromatic rings. The van der Waals surface area contributed by atoms with Gasteiger partial charge in [-0.1, -0.05) is 0 Å². The number of rotatable bonds is 5. The Balaban J connectivity index is 2.00. The number of nitrogens with zero attached hydrogens (tertiary/aromatic N) is 1. The van der Waals surface area contributed by atoms with Gasteiger partial charge in [0.15, 0.2) is 0 Å². The van der Waals surface area contributed by atoms with Crippen molar-refractivity contribution in [3.05, 3.63) is 23.8 Å². The first-order valence-corrected chi connectivity index (χ1v) is 6.74. The summed E-state index contributed by atoms with van der Waals surface area (Å²) in [6.45, 7) is 5.45. The highest BCUT2D eigenvalue weighted by atomic mass is 16.1. The number of nitrogen functional groups attached to an aromatic ring is 1. The average molecular weight is 262 g/mol. The van der Waals surface area contributed by atoms with Crippen molar-refractivity contribution in [2.24, 2.45) is 5.73 Å². The van der Waals surface area contributed by atoms with Gasteiger partial charge in [-0.15, -0.1) is 0 Å². The minimum absolute atomic E-state index is 0.281. The van der Waals surface area contributed by atoms with Gasteiger partial charge in [-0.3, -0.25) is 4.79 Å². The maximum absolute atomic E-state index is 11.2. The molecule has 0 radical (unpaired) electrons. The summed E-state index contributed by atoms with van der Waals surface area (Å²) in [5.41, 5.74) is 13.1. The predicted octanol–water partition coefficient (Wildman–Crippen LogP) is 1.26. The summed E-state index contributed by atoms with van der Waals surface area (Å²) in [4.78, 5) is 13.6. The van der Waals surface area contributed by atoms with E-state index in [1.165, 1.54) is 25.9 Å². The van der Waals surface area contributed by atoms with Crippen LogP contribution < -0.4 is 16.8 Å². The maximum atomic E-state index is 11.2. The van der Waals surface area contributed by atoms with Gasteiger partial charge in [-0.05, 0) is 51.1 Å². The molecule has 1 atom stereocenters. The first-order chi connectivity index (χ1) is 9.06. The van der Waals surface area contributed by atoms with Crippen LogP contribution in [0.3, 0.4) is 0 Å². The van der Waals surface area contributed by atoms with Crippen LogP contribution in [0.2, 0.25) is 0 Å². The fourth-order valence-corrected chi connectivity index (χ4v) is 2.50. The Morgan fingerprint density at radius 2 is 2.11 bits per heavy atom. The number of primary amides is 1. The molecule has 0 bridgehead atoms. The Kier molecular flexibility index (Phi) is 4.27. The molecule has 104 valence electrons. The maximum Gasteiger partial charge on any atom is 0.248 e. The Hall–Kier alpha value is -1.75. The van der Waals surface area contributed by atoms with Crippen molar-refractivity contribution in [1.29, 1.82) is 0 Å². The van der Waals surface area contributed by atoms with Crippen LogP contribution in [0.15, 0.2) is 18.2 Å². The van der Waals surface area contributed by atoms with E-state index in [-0.39, 0.29) is 6.04 Å². The fourth-order valence-electron chi connectivity index (χ4n) is 2.50. The third kappa shape index (κ3) is 3.61. The summed E-state index contributed by atoms with van der Waals surface area (Å²) in [7, 11) is 0. The van der Waals surface area contributed by atoms with Crippen molar-refractivity contribution < 1.29 is 4.79 Å². The van der Waals surface area contributed by atoms with Gasteiger partial charge < -0.3 is 21.7 Å². The van der Waals surface area contributed by atoms with Crippen LogP contribution >= 0.6 is 0 Å². The second-order valence-corrected chi connectivity index (χ2v) is 5.22. The minimum Gasteiger partial charge on any atom is -0.397 e. The first kappa shape index (κ1) is 13.7. The van der Waals surface area contributed by atoms with Gasteiger partial charge in [0.2, 0.25) is 5.91 Å². The number of hydrogen-bond acceptors (Lipinski definition) is 4. The van der Waals surface area contributed by atoms with Gasteiger partial charge in [0.05, 0.1) is 11.4 Å². The molecule has 1 saturated heterocycles. The van der Waals surface area contributed by atoms with Gasteiger partial charge in [-0.2, -0.15) is 0 Å². The lowest BCUT2D eigenvalue weighted by atomic mass is 10.1. The number of benzene rings is 1. The lowest BCUT2D eigenvalue weighted by Crippen LogP contribution is -2.33. The highest BCUT2D eigenvalue weighted by Crippen LogP contribution is 2.21. The zero-order chi connectivity index (χ0) is 13.8. The van der Waals surface area contributed by atoms with E-state index >= 15 is 0 Å². The van der Waals surface area contributed by atoms with Crippen LogP contribution in [0.4, 0.5) is 11.4 Å². The van der Waals surface area contributed by atoms with Crippen LogP contribution in [0.25, 0.3) is 0 Å². The van der Waals surface area contributed by atoms with E-state index in [1.54, 1.807) is 18.2 Å². The molecule has 5 heteroatoms. The molecule has 0 aromatic heterocycles. The van der Waals surface area contributed by atoms with E-state index in [0.29, 0.717) is 11.3 Å². The third-order valence-electron chi connectivity index (χ3n) is 3.47. The Morgan fingerprint density at radius 3 is 2.74 bits per heavy atom. The zero-order valence-electron chi connectivity index (χ0n) is 11.4. The summed E-state index contributed by atoms with van der Waals surface area (Å²) in [5.74, 6) is -0.435. The van der Waals surface area contributed by atoms with Gasteiger partial charge in [0.25, 0.3) is 0 Å². The number of amides is 1. The molecule has 5 nitrogen and oxygen atoms in total. The van der Waals surface area contributed by atoms with Gasteiger partial charge in [0, 0.05) is 18.2 Å². The molecule has 0 saturated carbocycles. The number of carbonyl (C=O) groups is 1. The van der Waals surface area contributed by atoms with Crippen molar-refractivity contribution in [2.75, 3.05) is 30.7 Å². The Labute approximate surface area is 113 Å². The standard InChI is InChI=1S/C14H22N4O/c1-10(9-18-6-2-3-7-18)17-13-8-11(14(16)19)4-5-12(13)15/h4-5,8,10,17H,2-3,6-7,9,15H2,1H3,(H2,16,19). The van der Waals surface area contributed by atoms with Crippen molar-refractivity contribution in [3.8, 4) is 0 Å². The van der Waals surface area contributed by atoms with Crippen LogP contribution in [0, 0.1) is 0 Å². The molecule has 1 heterocycles. The van der Waals surface area contributed by atoms with Gasteiger partial charge in [0.1, 0.15) is 0 Å². The number of carbonyl (C=O) groups excluding carboxylic acids is 1. The van der Waals surface area contributed by atoms with E-state index < -0.39 is 5.91 Å². The Morgan fingerprint density at radius 1 is 1.42 bits per heavy atom. The summed E-state index contributed by atoms with van der Waals surface area (Å²) in [6, 6.07) is 5.36. The molecule has 1 aromatic carbocycles. The van der Waals surface area contributed by atoms with E-state index in [9.17, 15) is 4.79 Å². The van der Waals surface area contributed by atoms with E-state index in [0.717, 1.165) is 12.2 Å². The third-order valence-corrected chi connectivity index (χ3v) is 3.47. The monoisotopic (exact) mass is 262 g/mol. The smallest absolute Gasteiger partial charge is 0.248 e. The molecule has 2 rings (SSSR count). The summed E-state index contributed by atoms with van der Waals surface area (Å²) >= 11 is 0. The molecular formula is C14H22N4O. The van der Waals surface area contributed by atoms with Crippen molar-refractivity contribution in [2.45, 2.75) is 25.8 Å². The summed E-state index contributed by atoms with van der Waals surface area (Å²) in [5, 5.41) is 3.36. The lowest BCUT2D eigenvalue weighted by molar-refractivity contribution is 0.100. The quantitative estimate of drug-likeness (QED) is 0.698. The molecule has 0 aliphatic carbocycles. The lowest BCUT2D eigenvalue weighted by Gasteiger charge is -2.23. The molecular weight excluding hydrogens is 240 g/mol. The Bertz CT molecular complexity index is 455. The van der Waals surface area contributed by atoms with Crippen LogP contribution in [-0.4, -0.2) is 36.5 Å². The molecule has 19 heavy (non-hydrogen) atoms. The predicted molar refractivity (Wildman–Crippen MR) is 78.1 cm³/mol. The fraction of sp³-hybridized carbons (Fsp3) is 0.500. The normalized spacial score (nSPS) is 17.3. The molecule has 1 amide bonds. The number of nitrogens with two attached hydrogens (primary N) is 2. The summed E-state index contributed by atoms with van der Waals surface area (Å²) in [6.07, 6.45) is 2.57. The minimum atomic E-state index is -0.435. The number of nitrogens with one attached hydrogen (secondary N) is 1. The SMILES string of the molecule is CC(CN1CCCC1)Nc1cc(C(N)=O)ccc1N. The molecule has 5 N–H and O–H groups in total. The largest absolute Gasteiger partial charge is 0.397 e. The van der Waals surface area contributed by atoms with Crippen LogP contribution in [-0.2, 0) is 0 Å². The van der Waals surface area contributed by atoms with Gasteiger partial charge in [-0.25, -0.2) is 0 Å². The topological polar surface area (TPSA) is 84.4 Å². The van der Waals surface area contributed by atoms with Gasteiger partial charge >= 0.3 is 0 Å². The van der Waals surface area contributed by atoms with Crippen LogP contribution in [0.5, 0.6) is 0 Å². The van der Waals surface area contributed by atoms with E-state index in [2.05, 4.69) is 17.1 Å². The number of likely N-dealkylation sites (tertiary alicyclic amines) is 1. The van der Waals surface area contributed by atoms with Crippen LogP contribution in [0.1, 0.15) is 30.1 Å². The number of hydrogen-bond donors (Lipinski definition) is 3. The van der Waals surface area contributed by atoms with Crippen molar-refractivity contribution in [1.82, 2.24) is 4.90 Å². The molecule has 1 aliphatic rings. The molecule has 0 spiro atoms. The molecule has 1 aliphatic heterocycles. The molecule has 1 unspecified atom stereocenters. The highest BCUT2D eigenvalue weighted by molar-refractivity contribution is 5.94. The van der Waals surface area contributed by atoms with E-state index in [4.69, 9.17) is 11.5 Å². The zero-order valence-corrected chi connectivity index (χ0v) is 11.4. The van der Waals surface area contributed by atoms with Crippen molar-refractivity contribution >= 4 is 17.3 Å². The second-order valence-electron chi connectivity index (χ2n) is 5.22. The van der Waals surface area contributed by atoms with Crippen molar-refractivity contribution in [3.63, 3.8) is 0 Å². The van der Waals surface area contributed by atoms with E-state index in [1.807, 2.05) is 0 Å². The second kappa shape index (κ2) is 5.93. The average Bonchev–Trinajstić information content (AvgIpc) is 2.84. The highest BCUT2D eigenvalue weighted by Gasteiger charge is 2.15. The summed E-state index contributed by atoms with van der Waals surface area (Å²) < 4.78 is 0.